The third kappa shape index (κ3) is 4.51. The number of hydrogen-bond acceptors (Lipinski definition) is 4. The van der Waals surface area contributed by atoms with E-state index in [0.29, 0.717) is 32.5 Å². The van der Waals surface area contributed by atoms with Gasteiger partial charge >= 0.3 is 6.09 Å². The minimum atomic E-state index is -3.15. The third-order valence-corrected chi connectivity index (χ3v) is 4.20. The Bertz CT molecular complexity index is 347. The number of carbonyl (C=O) groups is 1. The summed E-state index contributed by atoms with van der Waals surface area (Å²) in [7, 11) is -3.15. The second-order valence-corrected chi connectivity index (χ2v) is 6.02. The van der Waals surface area contributed by atoms with E-state index in [4.69, 9.17) is 4.74 Å². The first-order valence-electron chi connectivity index (χ1n) is 5.90. The Morgan fingerprint density at radius 1 is 1.35 bits per heavy atom. The highest BCUT2D eigenvalue weighted by molar-refractivity contribution is 7.89. The molecule has 0 radical (unpaired) electrons. The van der Waals surface area contributed by atoms with Crippen molar-refractivity contribution < 1.29 is 17.9 Å². The molecule has 0 atom stereocenters. The van der Waals surface area contributed by atoms with Crippen molar-refractivity contribution in [2.75, 3.05) is 25.4 Å². The van der Waals surface area contributed by atoms with Crippen molar-refractivity contribution in [3.63, 3.8) is 0 Å². The first-order valence-corrected chi connectivity index (χ1v) is 7.55. The minimum absolute atomic E-state index is 0.0642. The van der Waals surface area contributed by atoms with Gasteiger partial charge in [0.2, 0.25) is 10.0 Å². The maximum absolute atomic E-state index is 11.4. The number of rotatable bonds is 4. The van der Waals surface area contributed by atoms with E-state index in [0.717, 1.165) is 0 Å². The highest BCUT2D eigenvalue weighted by atomic mass is 32.2. The summed E-state index contributed by atoms with van der Waals surface area (Å²) in [5.41, 5.74) is 0. The Labute approximate surface area is 102 Å². The zero-order valence-corrected chi connectivity index (χ0v) is 11.1. The van der Waals surface area contributed by atoms with Crippen LogP contribution in [0.2, 0.25) is 0 Å². The van der Waals surface area contributed by atoms with Gasteiger partial charge in [-0.3, -0.25) is 0 Å². The van der Waals surface area contributed by atoms with Crippen LogP contribution in [0.5, 0.6) is 0 Å². The van der Waals surface area contributed by atoms with Crippen LogP contribution in [0.3, 0.4) is 0 Å². The smallest absolute Gasteiger partial charge is 0.409 e. The van der Waals surface area contributed by atoms with Crippen LogP contribution in [0.1, 0.15) is 26.7 Å². The standard InChI is InChI=1S/C10H20N2O4S/c1-3-16-10(13)12-7-5-9(6-8-12)11-17(14,15)4-2/h9,11H,3-8H2,1-2H3. The number of nitrogens with one attached hydrogen (secondary N) is 1. The maximum Gasteiger partial charge on any atom is 0.409 e. The lowest BCUT2D eigenvalue weighted by Gasteiger charge is -2.31. The van der Waals surface area contributed by atoms with E-state index >= 15 is 0 Å². The molecule has 0 unspecified atom stereocenters. The van der Waals surface area contributed by atoms with E-state index in [1.54, 1.807) is 18.7 Å². The fraction of sp³-hybridized carbons (Fsp3) is 0.900. The molecule has 0 bridgehead atoms. The highest BCUT2D eigenvalue weighted by Gasteiger charge is 2.25. The maximum atomic E-state index is 11.4. The SMILES string of the molecule is CCOC(=O)N1CCC(NS(=O)(=O)CC)CC1. The number of amides is 1. The first kappa shape index (κ1) is 14.2. The van der Waals surface area contributed by atoms with E-state index in [9.17, 15) is 13.2 Å². The topological polar surface area (TPSA) is 75.7 Å². The molecule has 17 heavy (non-hydrogen) atoms. The molecule has 1 amide bonds. The largest absolute Gasteiger partial charge is 0.450 e. The Morgan fingerprint density at radius 2 is 1.94 bits per heavy atom. The van der Waals surface area contributed by atoms with Gasteiger partial charge in [0.05, 0.1) is 12.4 Å². The lowest BCUT2D eigenvalue weighted by atomic mass is 10.1. The van der Waals surface area contributed by atoms with Gasteiger partial charge in [0, 0.05) is 19.1 Å². The first-order chi connectivity index (χ1) is 7.98. The van der Waals surface area contributed by atoms with E-state index in [1.165, 1.54) is 0 Å². The predicted molar refractivity (Wildman–Crippen MR) is 64.2 cm³/mol. The van der Waals surface area contributed by atoms with Crippen LogP contribution < -0.4 is 4.72 Å². The number of carbonyl (C=O) groups excluding carboxylic acids is 1. The van der Waals surface area contributed by atoms with Crippen molar-refractivity contribution in [3.05, 3.63) is 0 Å². The van der Waals surface area contributed by atoms with Crippen molar-refractivity contribution in [1.29, 1.82) is 0 Å². The summed E-state index contributed by atoms with van der Waals surface area (Å²) in [6.45, 7) is 4.81. The number of piperidine rings is 1. The molecular weight excluding hydrogens is 244 g/mol. The molecule has 1 heterocycles. The third-order valence-electron chi connectivity index (χ3n) is 2.75. The van der Waals surface area contributed by atoms with Gasteiger partial charge < -0.3 is 9.64 Å². The van der Waals surface area contributed by atoms with Gasteiger partial charge in [-0.1, -0.05) is 0 Å². The average Bonchev–Trinajstić information content (AvgIpc) is 2.30. The second-order valence-electron chi connectivity index (χ2n) is 3.98. The molecule has 1 saturated heterocycles. The molecular formula is C10H20N2O4S. The summed E-state index contributed by atoms with van der Waals surface area (Å²) in [5, 5.41) is 0. The number of likely N-dealkylation sites (tertiary alicyclic amines) is 1. The summed E-state index contributed by atoms with van der Waals surface area (Å²) in [6, 6.07) is -0.0642. The van der Waals surface area contributed by atoms with Gasteiger partial charge in [0.25, 0.3) is 0 Å². The molecule has 1 N–H and O–H groups in total. The summed E-state index contributed by atoms with van der Waals surface area (Å²) >= 11 is 0. The minimum Gasteiger partial charge on any atom is -0.450 e. The quantitative estimate of drug-likeness (QED) is 0.804. The summed E-state index contributed by atoms with van der Waals surface area (Å²) < 4.78 is 30.3. The van der Waals surface area contributed by atoms with Gasteiger partial charge in [0.1, 0.15) is 0 Å². The summed E-state index contributed by atoms with van der Waals surface area (Å²) in [4.78, 5) is 13.0. The van der Waals surface area contributed by atoms with Crippen molar-refractivity contribution >= 4 is 16.1 Å². The predicted octanol–water partition coefficient (Wildman–Crippen LogP) is 0.547. The molecule has 1 aliphatic rings. The van der Waals surface area contributed by atoms with Crippen LogP contribution in [0, 0.1) is 0 Å². The molecule has 6 nitrogen and oxygen atoms in total. The number of nitrogens with zero attached hydrogens (tertiary/aromatic N) is 1. The second kappa shape index (κ2) is 6.20. The van der Waals surface area contributed by atoms with Crippen LogP contribution in [0.4, 0.5) is 4.79 Å². The molecule has 0 aromatic carbocycles. The Kier molecular flexibility index (Phi) is 5.20. The number of sulfonamides is 1. The molecule has 0 saturated carbocycles. The van der Waals surface area contributed by atoms with Crippen LogP contribution in [0.25, 0.3) is 0 Å². The van der Waals surface area contributed by atoms with Gasteiger partial charge in [-0.2, -0.15) is 0 Å². The van der Waals surface area contributed by atoms with Crippen molar-refractivity contribution in [2.45, 2.75) is 32.7 Å². The molecule has 1 rings (SSSR count). The fourth-order valence-corrected chi connectivity index (χ4v) is 2.64. The Balaban J connectivity index is 2.38. The van der Waals surface area contributed by atoms with Crippen LogP contribution in [0.15, 0.2) is 0 Å². The number of ether oxygens (including phenoxy) is 1. The van der Waals surface area contributed by atoms with Gasteiger partial charge in [-0.25, -0.2) is 17.9 Å². The van der Waals surface area contributed by atoms with Gasteiger partial charge in [-0.05, 0) is 26.7 Å². The van der Waals surface area contributed by atoms with Crippen molar-refractivity contribution in [2.24, 2.45) is 0 Å². The molecule has 0 aromatic rings. The monoisotopic (exact) mass is 264 g/mol. The highest BCUT2D eigenvalue weighted by Crippen LogP contribution is 2.12. The fourth-order valence-electron chi connectivity index (χ4n) is 1.73. The van der Waals surface area contributed by atoms with E-state index in [-0.39, 0.29) is 17.9 Å². The lowest BCUT2D eigenvalue weighted by Crippen LogP contribution is -2.46. The van der Waals surface area contributed by atoms with E-state index in [2.05, 4.69) is 4.72 Å². The summed E-state index contributed by atoms with van der Waals surface area (Å²) in [5.74, 6) is 0.0884. The normalized spacial score (nSPS) is 18.1. The average molecular weight is 264 g/mol. The molecule has 1 fully saturated rings. The zero-order valence-electron chi connectivity index (χ0n) is 10.3. The lowest BCUT2D eigenvalue weighted by molar-refractivity contribution is 0.0966. The number of hydrogen-bond donors (Lipinski definition) is 1. The van der Waals surface area contributed by atoms with Gasteiger partial charge in [-0.15, -0.1) is 0 Å². The van der Waals surface area contributed by atoms with Crippen LogP contribution in [-0.4, -0.2) is 50.9 Å². The molecule has 0 spiro atoms. The van der Waals surface area contributed by atoms with Gasteiger partial charge in [0.15, 0.2) is 0 Å². The molecule has 100 valence electrons. The Morgan fingerprint density at radius 3 is 2.41 bits per heavy atom. The Hall–Kier alpha value is -0.820. The van der Waals surface area contributed by atoms with Crippen molar-refractivity contribution in [1.82, 2.24) is 9.62 Å². The van der Waals surface area contributed by atoms with Crippen molar-refractivity contribution in [3.8, 4) is 0 Å². The van der Waals surface area contributed by atoms with E-state index < -0.39 is 10.0 Å². The molecule has 0 aliphatic carbocycles. The van der Waals surface area contributed by atoms with Crippen LogP contribution in [-0.2, 0) is 14.8 Å². The molecule has 7 heteroatoms. The van der Waals surface area contributed by atoms with E-state index in [1.807, 2.05) is 0 Å². The molecule has 0 aromatic heterocycles. The molecule has 1 aliphatic heterocycles. The summed E-state index contributed by atoms with van der Waals surface area (Å²) in [6.07, 6.45) is 0.958. The zero-order chi connectivity index (χ0) is 12.9. The van der Waals surface area contributed by atoms with Crippen LogP contribution >= 0.6 is 0 Å².